The molecule has 4 aliphatic heterocycles. The van der Waals surface area contributed by atoms with Crippen LogP contribution >= 0.6 is 0 Å². The molecule has 0 unspecified atom stereocenters. The van der Waals surface area contributed by atoms with Crippen LogP contribution in [0.1, 0.15) is 133 Å². The van der Waals surface area contributed by atoms with E-state index in [1.807, 2.05) is 39.0 Å². The summed E-state index contributed by atoms with van der Waals surface area (Å²) in [7, 11) is 3.31. The molecule has 0 saturated carbocycles. The van der Waals surface area contributed by atoms with Gasteiger partial charge in [0.2, 0.25) is 11.8 Å². The average Bonchev–Trinajstić information content (AvgIpc) is 4.04. The Morgan fingerprint density at radius 2 is 1.55 bits per heavy atom. The van der Waals surface area contributed by atoms with Crippen LogP contribution in [0.4, 0.5) is 4.79 Å². The van der Waals surface area contributed by atoms with Crippen LogP contribution in [0.5, 0.6) is 0 Å². The number of imide groups is 1. The Hall–Kier alpha value is -6.25. The number of aromatic amines is 2. The predicted octanol–water partition coefficient (Wildman–Crippen LogP) is 6.66. The molecule has 3 aromatic rings. The third-order valence-corrected chi connectivity index (χ3v) is 14.1. The molecule has 19 heteroatoms. The quantitative estimate of drug-likeness (QED) is 0.0499. The topological polar surface area (TPSA) is 223 Å². The molecule has 3 aromatic heterocycles. The number of morpholine rings is 1. The van der Waals surface area contributed by atoms with Crippen LogP contribution in [0, 0.1) is 13.8 Å². The van der Waals surface area contributed by atoms with E-state index < -0.39 is 23.5 Å². The van der Waals surface area contributed by atoms with Crippen molar-refractivity contribution < 1.29 is 47.7 Å². The second-order valence-electron chi connectivity index (χ2n) is 20.2. The van der Waals surface area contributed by atoms with Gasteiger partial charge in [-0.3, -0.25) is 34.0 Å². The van der Waals surface area contributed by atoms with Crippen LogP contribution in [0.15, 0.2) is 24.3 Å². The van der Waals surface area contributed by atoms with Crippen LogP contribution in [-0.2, 0) is 33.3 Å². The molecular weight excluding hydrogens is 947 g/mol. The zero-order chi connectivity index (χ0) is 53.3. The average molecular weight is 1020 g/mol. The monoisotopic (exact) mass is 1020 g/mol. The molecule has 74 heavy (non-hydrogen) atoms. The third kappa shape index (κ3) is 13.2. The molecule has 7 rings (SSSR count). The van der Waals surface area contributed by atoms with Gasteiger partial charge in [-0.25, -0.2) is 9.78 Å². The summed E-state index contributed by atoms with van der Waals surface area (Å²) < 4.78 is 27.0. The van der Waals surface area contributed by atoms with E-state index in [9.17, 15) is 19.2 Å². The molecule has 7 heterocycles. The Balaban J connectivity index is 1.31. The first-order valence-electron chi connectivity index (χ1n) is 25.9. The molecule has 4 N–H and O–H groups in total. The maximum absolute atomic E-state index is 15.3. The van der Waals surface area contributed by atoms with Gasteiger partial charge in [-0.2, -0.15) is 0 Å². The van der Waals surface area contributed by atoms with Crippen LogP contribution in [-0.4, -0.2) is 176 Å². The number of hydrogen-bond acceptors (Lipinski definition) is 13. The summed E-state index contributed by atoms with van der Waals surface area (Å²) in [4.78, 5) is 92.3. The van der Waals surface area contributed by atoms with Gasteiger partial charge in [-0.1, -0.05) is 13.8 Å². The van der Waals surface area contributed by atoms with Crippen molar-refractivity contribution in [2.75, 3.05) is 106 Å². The Morgan fingerprint density at radius 3 is 2.27 bits per heavy atom. The fourth-order valence-electron chi connectivity index (χ4n) is 9.79. The predicted molar refractivity (Wildman–Crippen MR) is 284 cm³/mol. The molecule has 0 radical (unpaired) electrons. The number of likely N-dealkylation sites (N-methyl/N-ethyl adjacent to an activating group) is 1. The number of allylic oxidation sites excluding steroid dienone is 2. The highest BCUT2D eigenvalue weighted by Gasteiger charge is 2.41. The molecule has 0 aromatic carbocycles. The van der Waals surface area contributed by atoms with Gasteiger partial charge in [-0.05, 0) is 101 Å². The number of carbonyl (C=O) groups is 5. The second kappa shape index (κ2) is 24.9. The number of carbonyl (C=O) groups excluding carboxylic acids is 5. The SMILES string of the molecule is CCC1=C(C)c2cc3[nH]c(cc4nc(c5c6[nH]c(cc1n2)c(C)c6C(=O)N(CCN1CCOCC1)C5=O)[C@@H](CCC(=O)N(C)CCNC(=O)OC(C)(C)C)[C@@H]4C)c(C)c3/C=C/C(=O)NCCOCCOCCOC. The van der Waals surface area contributed by atoms with Crippen molar-refractivity contribution in [3.8, 4) is 0 Å². The summed E-state index contributed by atoms with van der Waals surface area (Å²) in [6.07, 6.45) is 3.89. The molecule has 400 valence electrons. The first kappa shape index (κ1) is 55.5. The van der Waals surface area contributed by atoms with Crippen molar-refractivity contribution in [3.05, 3.63) is 74.9 Å². The number of amides is 5. The molecular formula is C55H75N9O10. The molecule has 19 nitrogen and oxygen atoms in total. The summed E-state index contributed by atoms with van der Waals surface area (Å²) >= 11 is 0. The molecule has 2 atom stereocenters. The molecule has 5 amide bonds. The van der Waals surface area contributed by atoms with E-state index in [-0.39, 0.29) is 49.7 Å². The first-order chi connectivity index (χ1) is 35.4. The van der Waals surface area contributed by atoms with Gasteiger partial charge in [0.1, 0.15) is 5.60 Å². The highest BCUT2D eigenvalue weighted by Crippen LogP contribution is 2.44. The lowest BCUT2D eigenvalue weighted by Crippen LogP contribution is -2.47. The number of nitrogens with zero attached hydrogens (tertiary/aromatic N) is 5. The Kier molecular flexibility index (Phi) is 18.6. The van der Waals surface area contributed by atoms with Crippen molar-refractivity contribution in [3.63, 3.8) is 0 Å². The number of hydrogen-bond donors (Lipinski definition) is 4. The standard InChI is InChI=1S/C55H75N9O10/c1-11-37-33(2)41-31-45-38(12-14-46(65)56-17-23-71-28-29-73-27-26-70-10)34(3)40(59-45)30-42-35(4)39(13-15-47(66)62(9)18-16-57-54(69)74-55(6,7)8)50(60-42)49-51-48(36(5)43(61-51)32-44(37)58-41)52(67)64(53(49)68)20-19-63-21-24-72-25-22-63/h12,14,30-32,35,39,59,61H,11,13,15-29H2,1-10H3,(H,56,65)(H,57,69)/b14-12+,40-30?,41-31?,42-30?,43-32?,44-32?,45-31?,50-49?/t35-,39-/m0/s1. The minimum atomic E-state index is -0.660. The number of nitrogens with one attached hydrogen (secondary N) is 4. The summed E-state index contributed by atoms with van der Waals surface area (Å²) in [5.74, 6) is -1.96. The van der Waals surface area contributed by atoms with Crippen LogP contribution in [0.2, 0.25) is 0 Å². The van der Waals surface area contributed by atoms with Gasteiger partial charge >= 0.3 is 6.09 Å². The van der Waals surface area contributed by atoms with Gasteiger partial charge in [0.05, 0.1) is 80.0 Å². The summed E-state index contributed by atoms with van der Waals surface area (Å²) in [6.45, 7) is 21.5. The largest absolute Gasteiger partial charge is 0.444 e. The minimum absolute atomic E-state index is 0.123. The van der Waals surface area contributed by atoms with E-state index in [2.05, 4.69) is 39.3 Å². The smallest absolute Gasteiger partial charge is 0.407 e. The fourth-order valence-corrected chi connectivity index (χ4v) is 9.79. The number of ether oxygens (including phenoxy) is 5. The van der Waals surface area contributed by atoms with Gasteiger partial charge < -0.3 is 49.2 Å². The number of rotatable bonds is 21. The molecule has 1 saturated heterocycles. The van der Waals surface area contributed by atoms with Crippen molar-refractivity contribution in [1.29, 1.82) is 0 Å². The molecule has 0 aliphatic carbocycles. The van der Waals surface area contributed by atoms with E-state index in [1.54, 1.807) is 45.9 Å². The van der Waals surface area contributed by atoms with Crippen LogP contribution in [0.3, 0.4) is 0 Å². The van der Waals surface area contributed by atoms with Crippen molar-refractivity contribution in [1.82, 2.24) is 45.3 Å². The lowest BCUT2D eigenvalue weighted by Gasteiger charge is -2.31. The van der Waals surface area contributed by atoms with Crippen molar-refractivity contribution in [2.45, 2.75) is 92.1 Å². The Bertz CT molecular complexity index is 2820. The number of aryl methyl sites for hydroxylation is 2. The van der Waals surface area contributed by atoms with Gasteiger partial charge in [-0.15, -0.1) is 0 Å². The van der Waals surface area contributed by atoms with Crippen LogP contribution in [0.25, 0.3) is 39.3 Å². The summed E-state index contributed by atoms with van der Waals surface area (Å²) in [5.41, 5.74) is 9.60. The lowest BCUT2D eigenvalue weighted by atomic mass is 9.84. The zero-order valence-electron chi connectivity index (χ0n) is 44.9. The third-order valence-electron chi connectivity index (χ3n) is 14.1. The fraction of sp³-hybridized carbons (Fsp3) is 0.545. The number of H-pyrrole nitrogens is 2. The molecule has 0 spiro atoms. The highest BCUT2D eigenvalue weighted by atomic mass is 16.6. The highest BCUT2D eigenvalue weighted by molar-refractivity contribution is 6.23. The molecule has 4 aliphatic rings. The van der Waals surface area contributed by atoms with Crippen molar-refractivity contribution >= 4 is 69.0 Å². The van der Waals surface area contributed by atoms with E-state index in [0.717, 1.165) is 44.7 Å². The molecule has 8 bridgehead atoms. The van der Waals surface area contributed by atoms with E-state index in [4.69, 9.17) is 33.7 Å². The number of fused-ring (bicyclic) bond motifs is 8. The number of methoxy groups -OCH3 is 1. The number of aromatic nitrogens is 4. The van der Waals surface area contributed by atoms with E-state index in [1.165, 1.54) is 11.0 Å². The molecule has 1 fully saturated rings. The first-order valence-corrected chi connectivity index (χ1v) is 25.9. The van der Waals surface area contributed by atoms with Crippen LogP contribution < -0.4 is 10.6 Å². The van der Waals surface area contributed by atoms with Crippen molar-refractivity contribution in [2.24, 2.45) is 0 Å². The lowest BCUT2D eigenvalue weighted by molar-refractivity contribution is -0.130. The van der Waals surface area contributed by atoms with Gasteiger partial charge in [0.15, 0.2) is 0 Å². The Labute approximate surface area is 433 Å². The van der Waals surface area contributed by atoms with Gasteiger partial charge in [0.25, 0.3) is 11.8 Å². The second-order valence-corrected chi connectivity index (χ2v) is 20.2. The van der Waals surface area contributed by atoms with E-state index in [0.29, 0.717) is 124 Å². The zero-order valence-corrected chi connectivity index (χ0v) is 44.9. The number of alkyl carbamates (subject to hydrolysis) is 1. The summed E-state index contributed by atoms with van der Waals surface area (Å²) in [6, 6.07) is 5.94. The maximum atomic E-state index is 15.3. The maximum Gasteiger partial charge on any atom is 0.407 e. The normalized spacial score (nSPS) is 17.1. The summed E-state index contributed by atoms with van der Waals surface area (Å²) in [5, 5.41) is 5.63. The Morgan fingerprint density at radius 1 is 0.865 bits per heavy atom. The minimum Gasteiger partial charge on any atom is -0.444 e. The van der Waals surface area contributed by atoms with Gasteiger partial charge in [0, 0.05) is 112 Å². The van der Waals surface area contributed by atoms with E-state index >= 15 is 4.79 Å².